The monoisotopic (exact) mass is 644 g/mol. The van der Waals surface area contributed by atoms with Gasteiger partial charge in [-0.3, -0.25) is 8.37 Å². The van der Waals surface area contributed by atoms with Gasteiger partial charge in [-0.25, -0.2) is 9.59 Å². The van der Waals surface area contributed by atoms with E-state index >= 15 is 0 Å². The maximum Gasteiger partial charge on any atom is 0.335 e. The molecular formula is C29H40O12S2. The lowest BCUT2D eigenvalue weighted by Crippen LogP contribution is -2.41. The van der Waals surface area contributed by atoms with Gasteiger partial charge in [0, 0.05) is 10.8 Å². The summed E-state index contributed by atoms with van der Waals surface area (Å²) in [5.41, 5.74) is -1.27. The molecule has 0 aliphatic heterocycles. The van der Waals surface area contributed by atoms with Crippen molar-refractivity contribution in [2.75, 3.05) is 24.7 Å². The second-order valence-corrected chi connectivity index (χ2v) is 14.9. The molecule has 0 amide bonds. The Labute approximate surface area is 253 Å². The minimum atomic E-state index is -4.23. The number of carbonyl (C=O) groups excluding carboxylic acids is 2. The number of carbonyl (C=O) groups is 2. The van der Waals surface area contributed by atoms with Crippen molar-refractivity contribution in [3.63, 3.8) is 0 Å². The van der Waals surface area contributed by atoms with Gasteiger partial charge in [-0.2, -0.15) is 16.8 Å². The maximum atomic E-state index is 12.4. The van der Waals surface area contributed by atoms with Gasteiger partial charge in [0.05, 0.1) is 24.7 Å². The van der Waals surface area contributed by atoms with Crippen molar-refractivity contribution < 1.29 is 54.5 Å². The fourth-order valence-corrected chi connectivity index (χ4v) is 5.81. The van der Waals surface area contributed by atoms with E-state index in [1.165, 1.54) is 27.7 Å². The molecule has 14 heteroatoms. The minimum absolute atomic E-state index is 0.0724. The van der Waals surface area contributed by atoms with E-state index in [0.717, 1.165) is 0 Å². The van der Waals surface area contributed by atoms with Crippen LogP contribution in [0.1, 0.15) is 45.2 Å². The largest absolute Gasteiger partial charge is 0.459 e. The minimum Gasteiger partial charge on any atom is -0.459 e. The summed E-state index contributed by atoms with van der Waals surface area (Å²) in [7, 11) is -8.47. The molecule has 43 heavy (non-hydrogen) atoms. The fraction of sp³-hybridized carbons (Fsp3) is 0.517. The molecular weight excluding hydrogens is 604 g/mol. The predicted octanol–water partition coefficient (Wildman–Crippen LogP) is 2.33. The molecule has 0 fully saturated rings. The third-order valence-electron chi connectivity index (χ3n) is 6.38. The summed E-state index contributed by atoms with van der Waals surface area (Å²) in [6.07, 6.45) is -3.75. The quantitative estimate of drug-likeness (QED) is 0.179. The molecule has 2 N–H and O–H groups in total. The maximum absolute atomic E-state index is 12.4. The van der Waals surface area contributed by atoms with E-state index in [1.54, 1.807) is 60.7 Å². The number of aliphatic hydroxyl groups is 2. The molecule has 0 aromatic heterocycles. The molecule has 2 aromatic rings. The van der Waals surface area contributed by atoms with Crippen LogP contribution in [0.25, 0.3) is 0 Å². The summed E-state index contributed by atoms with van der Waals surface area (Å²) < 4.78 is 69.6. The summed E-state index contributed by atoms with van der Waals surface area (Å²) in [5, 5.41) is 20.8. The third-order valence-corrected chi connectivity index (χ3v) is 8.92. The summed E-state index contributed by atoms with van der Waals surface area (Å²) in [4.78, 5) is 24.5. The van der Waals surface area contributed by atoms with Gasteiger partial charge in [-0.1, -0.05) is 88.4 Å². The van der Waals surface area contributed by atoms with Crippen LogP contribution >= 0.6 is 0 Å². The molecule has 0 heterocycles. The number of aliphatic hydroxyl groups excluding tert-OH is 2. The summed E-state index contributed by atoms with van der Waals surface area (Å²) >= 11 is 0. The van der Waals surface area contributed by atoms with Gasteiger partial charge in [-0.15, -0.1) is 0 Å². The van der Waals surface area contributed by atoms with Crippen molar-refractivity contribution in [2.45, 2.75) is 59.5 Å². The number of rotatable bonds is 18. The van der Waals surface area contributed by atoms with E-state index in [9.17, 15) is 36.6 Å². The van der Waals surface area contributed by atoms with Crippen LogP contribution in [0.2, 0.25) is 0 Å². The number of benzene rings is 2. The van der Waals surface area contributed by atoms with E-state index in [-0.39, 0.29) is 19.6 Å². The Morgan fingerprint density at radius 2 is 0.977 bits per heavy atom. The first kappa shape index (κ1) is 36.3. The number of hydrogen-bond acceptors (Lipinski definition) is 12. The molecule has 2 atom stereocenters. The van der Waals surface area contributed by atoms with Gasteiger partial charge in [-0.05, 0) is 17.5 Å². The van der Waals surface area contributed by atoms with Gasteiger partial charge in [0.2, 0.25) is 0 Å². The van der Waals surface area contributed by atoms with Crippen LogP contribution in [0.3, 0.4) is 0 Å². The summed E-state index contributed by atoms with van der Waals surface area (Å²) in [5.74, 6) is -3.26. The highest BCUT2D eigenvalue weighted by Gasteiger charge is 2.38. The first-order chi connectivity index (χ1) is 19.9. The second kappa shape index (κ2) is 15.7. The van der Waals surface area contributed by atoms with E-state index in [4.69, 9.17) is 17.8 Å². The van der Waals surface area contributed by atoms with Crippen molar-refractivity contribution in [2.24, 2.45) is 10.8 Å². The molecule has 0 bridgehead atoms. The molecule has 2 aromatic carbocycles. The van der Waals surface area contributed by atoms with Gasteiger partial charge >= 0.3 is 11.9 Å². The molecule has 240 valence electrons. The third kappa shape index (κ3) is 12.7. The van der Waals surface area contributed by atoms with E-state index in [0.29, 0.717) is 11.1 Å². The van der Waals surface area contributed by atoms with Crippen LogP contribution in [0, 0.1) is 10.8 Å². The van der Waals surface area contributed by atoms with Gasteiger partial charge in [0.1, 0.15) is 13.2 Å². The Balaban J connectivity index is 1.77. The molecule has 2 rings (SSSR count). The molecule has 0 saturated heterocycles. The molecule has 0 saturated carbocycles. The number of esters is 2. The lowest BCUT2D eigenvalue weighted by atomic mass is 9.87. The highest BCUT2D eigenvalue weighted by atomic mass is 32.2. The van der Waals surface area contributed by atoms with Crippen LogP contribution in [-0.4, -0.2) is 75.9 Å². The molecule has 0 aliphatic carbocycles. The van der Waals surface area contributed by atoms with Crippen LogP contribution in [0.5, 0.6) is 0 Å². The molecule has 0 unspecified atom stereocenters. The Hall–Kier alpha value is -2.88. The van der Waals surface area contributed by atoms with Crippen molar-refractivity contribution >= 4 is 32.2 Å². The topological polar surface area (TPSA) is 180 Å². The average Bonchev–Trinajstić information content (AvgIpc) is 2.97. The van der Waals surface area contributed by atoms with Crippen LogP contribution in [0.15, 0.2) is 60.7 Å². The second-order valence-electron chi connectivity index (χ2n) is 11.4. The van der Waals surface area contributed by atoms with E-state index in [1.807, 2.05) is 0 Å². The zero-order valence-electron chi connectivity index (χ0n) is 24.7. The standard InChI is InChI=1S/C29H40O12S2/c1-28(2,24(30)26(32)38-18-22-12-7-5-8-13-22)20-40-42(34,35)16-11-17-43(36,37)41-21-29(3,4)25(31)27(33)39-19-23-14-9-6-10-15-23/h5-10,12-15,24-25,30-31H,11,16-21H2,1-4H3/t24-,25-/m0/s1. The molecule has 0 spiro atoms. The average molecular weight is 645 g/mol. The van der Waals surface area contributed by atoms with E-state index < -0.39 is 79.9 Å². The lowest BCUT2D eigenvalue weighted by molar-refractivity contribution is -0.163. The molecule has 12 nitrogen and oxygen atoms in total. The summed E-state index contributed by atoms with van der Waals surface area (Å²) in [6, 6.07) is 17.6. The van der Waals surface area contributed by atoms with Crippen molar-refractivity contribution in [1.82, 2.24) is 0 Å². The Morgan fingerprint density at radius 1 is 0.651 bits per heavy atom. The predicted molar refractivity (Wildman–Crippen MR) is 156 cm³/mol. The first-order valence-corrected chi connectivity index (χ1v) is 16.6. The summed E-state index contributed by atoms with van der Waals surface area (Å²) in [6.45, 7) is 4.41. The van der Waals surface area contributed by atoms with Crippen LogP contribution in [0.4, 0.5) is 0 Å². The Kier molecular flexibility index (Phi) is 13.3. The van der Waals surface area contributed by atoms with Crippen molar-refractivity contribution in [3.8, 4) is 0 Å². The number of hydrogen-bond donors (Lipinski definition) is 2. The Bertz CT molecular complexity index is 1280. The highest BCUT2D eigenvalue weighted by molar-refractivity contribution is 7.87. The zero-order valence-corrected chi connectivity index (χ0v) is 26.3. The van der Waals surface area contributed by atoms with Gasteiger partial charge in [0.15, 0.2) is 12.2 Å². The SMILES string of the molecule is CC(C)(COS(=O)(=O)CCCS(=O)(=O)OCC(C)(C)[C@@H](O)C(=O)OCc1ccccc1)[C@@H](O)C(=O)OCc1ccccc1. The lowest BCUT2D eigenvalue weighted by Gasteiger charge is -2.28. The Morgan fingerprint density at radius 3 is 1.30 bits per heavy atom. The number of ether oxygens (including phenoxy) is 2. The van der Waals surface area contributed by atoms with Gasteiger partial charge < -0.3 is 19.7 Å². The van der Waals surface area contributed by atoms with Crippen LogP contribution in [-0.2, 0) is 60.9 Å². The normalized spacial score (nSPS) is 14.1. The van der Waals surface area contributed by atoms with Crippen molar-refractivity contribution in [1.29, 1.82) is 0 Å². The van der Waals surface area contributed by atoms with Crippen LogP contribution < -0.4 is 0 Å². The first-order valence-electron chi connectivity index (χ1n) is 13.5. The highest BCUT2D eigenvalue weighted by Crippen LogP contribution is 2.25. The smallest absolute Gasteiger partial charge is 0.335 e. The van der Waals surface area contributed by atoms with Gasteiger partial charge in [0.25, 0.3) is 20.2 Å². The fourth-order valence-electron chi connectivity index (χ4n) is 3.42. The van der Waals surface area contributed by atoms with E-state index in [2.05, 4.69) is 0 Å². The zero-order chi connectivity index (χ0) is 32.3. The molecule has 0 aliphatic rings. The molecule has 0 radical (unpaired) electrons. The van der Waals surface area contributed by atoms with Crippen molar-refractivity contribution in [3.05, 3.63) is 71.8 Å².